The molecule has 0 fully saturated rings. The Labute approximate surface area is 164 Å². The Bertz CT molecular complexity index is 925. The van der Waals surface area contributed by atoms with Crippen molar-refractivity contribution in [1.82, 2.24) is 5.32 Å². The number of primary amides is 1. The zero-order valence-electron chi connectivity index (χ0n) is 15.7. The van der Waals surface area contributed by atoms with Crippen molar-refractivity contribution in [2.75, 3.05) is 0 Å². The molecular formula is C23H24N3O2+. The number of hydrogen-bond acceptors (Lipinski definition) is 2. The molecule has 5 heteroatoms. The number of carbonyl (C=O) groups is 2. The molecule has 0 heterocycles. The molecule has 2 atom stereocenters. The van der Waals surface area contributed by atoms with Crippen LogP contribution in [0, 0.1) is 6.92 Å². The van der Waals surface area contributed by atoms with E-state index in [9.17, 15) is 9.59 Å². The lowest BCUT2D eigenvalue weighted by atomic mass is 9.95. The van der Waals surface area contributed by atoms with Crippen molar-refractivity contribution >= 4 is 11.9 Å². The number of nitrogens with one attached hydrogen (secondary N) is 1. The molecule has 0 aliphatic carbocycles. The smallest absolute Gasteiger partial charge is 0.319 e. The molecule has 0 aliphatic rings. The van der Waals surface area contributed by atoms with Crippen LogP contribution in [0.1, 0.15) is 34.3 Å². The van der Waals surface area contributed by atoms with E-state index < -0.39 is 18.0 Å². The highest BCUT2D eigenvalue weighted by atomic mass is 16.2. The van der Waals surface area contributed by atoms with Crippen molar-refractivity contribution < 1.29 is 14.9 Å². The fourth-order valence-corrected chi connectivity index (χ4v) is 3.25. The standard InChI is InChI=1S/C23H23N3O2/c1-16-12-14-19(15-13-16)20(17-8-4-2-5-9-17)25-21(22(27)26-23(24)28)18-10-6-3-7-11-18/h2-15,20-21,25H,1H3,(H3,24,26,27,28)/p+1/t20-,21+/m0/s1. The van der Waals surface area contributed by atoms with Crippen molar-refractivity contribution in [3.05, 3.63) is 107 Å². The Balaban J connectivity index is 2.00. The highest BCUT2D eigenvalue weighted by Crippen LogP contribution is 2.21. The second kappa shape index (κ2) is 8.97. The number of rotatable bonds is 6. The molecule has 0 unspecified atom stereocenters. The van der Waals surface area contributed by atoms with Crippen LogP contribution < -0.4 is 16.4 Å². The molecule has 3 aromatic rings. The molecule has 3 rings (SSSR count). The largest absolute Gasteiger partial charge is 0.351 e. The van der Waals surface area contributed by atoms with Gasteiger partial charge in [-0.25, -0.2) is 4.79 Å². The first-order chi connectivity index (χ1) is 13.5. The van der Waals surface area contributed by atoms with Gasteiger partial charge in [0.25, 0.3) is 5.91 Å². The maximum Gasteiger partial charge on any atom is 0.319 e. The van der Waals surface area contributed by atoms with Gasteiger partial charge in [-0.2, -0.15) is 0 Å². The van der Waals surface area contributed by atoms with Gasteiger partial charge in [0.15, 0.2) is 6.04 Å². The van der Waals surface area contributed by atoms with Crippen LogP contribution in [0.5, 0.6) is 0 Å². The van der Waals surface area contributed by atoms with Gasteiger partial charge in [0.2, 0.25) is 0 Å². The Hall–Kier alpha value is -3.44. The Morgan fingerprint density at radius 1 is 0.786 bits per heavy atom. The average Bonchev–Trinajstić information content (AvgIpc) is 2.70. The molecule has 0 radical (unpaired) electrons. The Morgan fingerprint density at radius 2 is 1.29 bits per heavy atom. The van der Waals surface area contributed by atoms with Gasteiger partial charge in [0.1, 0.15) is 6.04 Å². The first-order valence-electron chi connectivity index (χ1n) is 9.16. The summed E-state index contributed by atoms with van der Waals surface area (Å²) in [5, 5.41) is 4.19. The Kier molecular flexibility index (Phi) is 6.19. The number of urea groups is 1. The minimum Gasteiger partial charge on any atom is -0.351 e. The van der Waals surface area contributed by atoms with Gasteiger partial charge in [0, 0.05) is 16.7 Å². The number of nitrogens with two attached hydrogens (primary N) is 2. The number of hydrogen-bond donors (Lipinski definition) is 3. The van der Waals surface area contributed by atoms with Crippen molar-refractivity contribution in [2.24, 2.45) is 5.73 Å². The first kappa shape index (κ1) is 19.3. The summed E-state index contributed by atoms with van der Waals surface area (Å²) in [7, 11) is 0. The maximum atomic E-state index is 12.8. The van der Waals surface area contributed by atoms with Gasteiger partial charge in [-0.15, -0.1) is 0 Å². The SMILES string of the molecule is Cc1ccc([C@@H]([NH2+][C@@H](C(=O)NC(N)=O)c2ccccc2)c2ccccc2)cc1. The molecule has 0 aromatic heterocycles. The lowest BCUT2D eigenvalue weighted by molar-refractivity contribution is -0.713. The van der Waals surface area contributed by atoms with E-state index >= 15 is 0 Å². The van der Waals surface area contributed by atoms with Crippen LogP contribution in [0.2, 0.25) is 0 Å². The maximum absolute atomic E-state index is 12.8. The summed E-state index contributed by atoms with van der Waals surface area (Å²) in [5.41, 5.74) is 9.31. The van der Waals surface area contributed by atoms with E-state index in [0.29, 0.717) is 0 Å². The van der Waals surface area contributed by atoms with E-state index in [4.69, 9.17) is 5.73 Å². The number of imide groups is 1. The number of carbonyl (C=O) groups excluding carboxylic acids is 2. The molecule has 3 amide bonds. The van der Waals surface area contributed by atoms with Gasteiger partial charge in [0.05, 0.1) is 0 Å². The van der Waals surface area contributed by atoms with E-state index in [-0.39, 0.29) is 6.04 Å². The van der Waals surface area contributed by atoms with Gasteiger partial charge in [-0.1, -0.05) is 90.5 Å². The summed E-state index contributed by atoms with van der Waals surface area (Å²) < 4.78 is 0. The molecule has 0 spiro atoms. The highest BCUT2D eigenvalue weighted by Gasteiger charge is 2.30. The van der Waals surface area contributed by atoms with Gasteiger partial charge in [-0.05, 0) is 6.92 Å². The van der Waals surface area contributed by atoms with E-state index in [2.05, 4.69) is 29.6 Å². The number of benzene rings is 3. The fourth-order valence-electron chi connectivity index (χ4n) is 3.25. The van der Waals surface area contributed by atoms with E-state index in [1.807, 2.05) is 72.9 Å². The summed E-state index contributed by atoms with van der Waals surface area (Å²) >= 11 is 0. The minimum atomic E-state index is -0.856. The quantitative estimate of drug-likeness (QED) is 0.619. The average molecular weight is 374 g/mol. The normalized spacial score (nSPS) is 12.8. The summed E-state index contributed by atoms with van der Waals surface area (Å²) in [6.45, 7) is 2.04. The van der Waals surface area contributed by atoms with Crippen molar-refractivity contribution in [3.63, 3.8) is 0 Å². The predicted octanol–water partition coefficient (Wildman–Crippen LogP) is 2.58. The van der Waals surface area contributed by atoms with Crippen LogP contribution in [-0.4, -0.2) is 11.9 Å². The molecular weight excluding hydrogens is 350 g/mol. The van der Waals surface area contributed by atoms with Crippen LogP contribution in [0.3, 0.4) is 0 Å². The van der Waals surface area contributed by atoms with Crippen molar-refractivity contribution in [2.45, 2.75) is 19.0 Å². The monoisotopic (exact) mass is 374 g/mol. The third-order valence-electron chi connectivity index (χ3n) is 4.67. The molecule has 0 bridgehead atoms. The zero-order chi connectivity index (χ0) is 19.9. The van der Waals surface area contributed by atoms with E-state index in [1.54, 1.807) is 0 Å². The molecule has 0 saturated carbocycles. The predicted molar refractivity (Wildman–Crippen MR) is 108 cm³/mol. The lowest BCUT2D eigenvalue weighted by Gasteiger charge is -2.23. The molecule has 5 N–H and O–H groups in total. The second-order valence-electron chi connectivity index (χ2n) is 6.73. The fraction of sp³-hybridized carbons (Fsp3) is 0.130. The zero-order valence-corrected chi connectivity index (χ0v) is 15.7. The lowest BCUT2D eigenvalue weighted by Crippen LogP contribution is -2.88. The van der Waals surface area contributed by atoms with Crippen LogP contribution in [0.15, 0.2) is 84.9 Å². The molecule has 3 aromatic carbocycles. The van der Waals surface area contributed by atoms with Gasteiger partial charge in [-0.3, -0.25) is 10.1 Å². The molecule has 0 saturated heterocycles. The minimum absolute atomic E-state index is 0.120. The van der Waals surface area contributed by atoms with Gasteiger partial charge < -0.3 is 11.1 Å². The number of quaternary nitrogens is 1. The van der Waals surface area contributed by atoms with Crippen LogP contribution >= 0.6 is 0 Å². The third-order valence-corrected chi connectivity index (χ3v) is 4.67. The Morgan fingerprint density at radius 3 is 1.82 bits per heavy atom. The van der Waals surface area contributed by atoms with Crippen LogP contribution in [0.25, 0.3) is 0 Å². The summed E-state index contributed by atoms with van der Waals surface area (Å²) in [6, 6.07) is 26.0. The highest BCUT2D eigenvalue weighted by molar-refractivity contribution is 5.96. The van der Waals surface area contributed by atoms with Crippen LogP contribution in [-0.2, 0) is 4.79 Å². The second-order valence-corrected chi connectivity index (χ2v) is 6.73. The number of amides is 3. The number of aryl methyl sites for hydroxylation is 1. The molecule has 5 nitrogen and oxygen atoms in total. The van der Waals surface area contributed by atoms with E-state index in [1.165, 1.54) is 5.56 Å². The third kappa shape index (κ3) is 4.84. The molecule has 28 heavy (non-hydrogen) atoms. The molecule has 0 aliphatic heterocycles. The topological polar surface area (TPSA) is 88.8 Å². The van der Waals surface area contributed by atoms with E-state index in [0.717, 1.165) is 16.7 Å². The summed E-state index contributed by atoms with van der Waals surface area (Å²) in [4.78, 5) is 24.0. The van der Waals surface area contributed by atoms with Crippen molar-refractivity contribution in [3.8, 4) is 0 Å². The van der Waals surface area contributed by atoms with Crippen molar-refractivity contribution in [1.29, 1.82) is 0 Å². The van der Waals surface area contributed by atoms with Crippen LogP contribution in [0.4, 0.5) is 4.79 Å². The summed E-state index contributed by atoms with van der Waals surface area (Å²) in [5.74, 6) is -0.438. The van der Waals surface area contributed by atoms with Gasteiger partial charge >= 0.3 is 6.03 Å². The molecule has 142 valence electrons. The first-order valence-corrected chi connectivity index (χ1v) is 9.16. The summed E-state index contributed by atoms with van der Waals surface area (Å²) in [6.07, 6.45) is 0.